The number of nitrogens with one attached hydrogen (secondary N) is 1. The van der Waals surface area contributed by atoms with Gasteiger partial charge >= 0.3 is 0 Å². The van der Waals surface area contributed by atoms with Crippen molar-refractivity contribution in [2.75, 3.05) is 18.8 Å². The van der Waals surface area contributed by atoms with Gasteiger partial charge in [-0.2, -0.15) is 0 Å². The van der Waals surface area contributed by atoms with Crippen LogP contribution in [0.3, 0.4) is 0 Å². The van der Waals surface area contributed by atoms with E-state index in [1.54, 1.807) is 6.20 Å². The fraction of sp³-hybridized carbons (Fsp3) is 0.789. The number of hydrogen-bond donors (Lipinski definition) is 2. The number of nitrogens with two attached hydrogens (primary N) is 1. The average molecular weight is 337 g/mol. The molecule has 0 aromatic carbocycles. The molecule has 0 aliphatic carbocycles. The van der Waals surface area contributed by atoms with Gasteiger partial charge in [0.05, 0.1) is 6.20 Å². The number of aromatic nitrogens is 2. The summed E-state index contributed by atoms with van der Waals surface area (Å²) in [7, 11) is 0. The maximum absolute atomic E-state index is 12.5. The molecule has 0 saturated carbocycles. The van der Waals surface area contributed by atoms with Crippen molar-refractivity contribution in [1.82, 2.24) is 14.9 Å². The third-order valence-corrected chi connectivity index (χ3v) is 4.40. The Kier molecular flexibility index (Phi) is 11.0. The van der Waals surface area contributed by atoms with Gasteiger partial charge in [-0.05, 0) is 25.7 Å². The van der Waals surface area contributed by atoms with Gasteiger partial charge in [0, 0.05) is 25.2 Å². The van der Waals surface area contributed by atoms with E-state index >= 15 is 0 Å². The van der Waals surface area contributed by atoms with Crippen LogP contribution < -0.4 is 5.73 Å². The minimum atomic E-state index is 0.301. The Labute approximate surface area is 147 Å². The molecule has 3 N–H and O–H groups in total. The molecule has 0 spiro atoms. The molecule has 0 unspecified atom stereocenters. The summed E-state index contributed by atoms with van der Waals surface area (Å²) in [5, 5.41) is 0. The van der Waals surface area contributed by atoms with E-state index in [4.69, 9.17) is 5.73 Å². The van der Waals surface area contributed by atoms with Gasteiger partial charge < -0.3 is 15.6 Å². The predicted molar refractivity (Wildman–Crippen MR) is 101 cm³/mol. The van der Waals surface area contributed by atoms with Crippen molar-refractivity contribution in [3.05, 3.63) is 11.9 Å². The molecule has 0 radical (unpaired) electrons. The Morgan fingerprint density at radius 1 is 1.04 bits per heavy atom. The van der Waals surface area contributed by atoms with Crippen LogP contribution in [0, 0.1) is 0 Å². The van der Waals surface area contributed by atoms with Crippen molar-refractivity contribution in [3.8, 4) is 0 Å². The number of carbonyl (C=O) groups excluding carboxylic acids is 1. The molecular formula is C19H36N4O. The number of H-pyrrole nitrogens is 1. The third kappa shape index (κ3) is 8.94. The van der Waals surface area contributed by atoms with Crippen molar-refractivity contribution < 1.29 is 4.79 Å². The Morgan fingerprint density at radius 2 is 1.67 bits per heavy atom. The quantitative estimate of drug-likeness (QED) is 0.497. The lowest BCUT2D eigenvalue weighted by Crippen LogP contribution is -2.33. The second kappa shape index (κ2) is 12.8. The standard InChI is InChI=1S/C19H36N4O/c1-3-5-7-9-14-23(15-10-8-6-4-2)18(24)13-11-12-17-16-21-19(20)22-17/h16H,3-15H2,1-2H3,(H3,20,21,22). The highest BCUT2D eigenvalue weighted by Gasteiger charge is 2.12. The lowest BCUT2D eigenvalue weighted by Gasteiger charge is -2.23. The van der Waals surface area contributed by atoms with Crippen LogP contribution >= 0.6 is 0 Å². The molecule has 1 aromatic heterocycles. The molecule has 0 aliphatic heterocycles. The molecular weight excluding hydrogens is 300 g/mol. The minimum Gasteiger partial charge on any atom is -0.369 e. The molecule has 138 valence electrons. The van der Waals surface area contributed by atoms with E-state index in [0.29, 0.717) is 18.3 Å². The van der Waals surface area contributed by atoms with Gasteiger partial charge in [0.15, 0.2) is 5.95 Å². The van der Waals surface area contributed by atoms with Gasteiger partial charge in [0.1, 0.15) is 0 Å². The van der Waals surface area contributed by atoms with Crippen molar-refractivity contribution >= 4 is 11.9 Å². The number of nitrogens with zero attached hydrogens (tertiary/aromatic N) is 2. The Balaban J connectivity index is 2.33. The first kappa shape index (κ1) is 20.5. The largest absolute Gasteiger partial charge is 0.369 e. The number of aromatic amines is 1. The van der Waals surface area contributed by atoms with Crippen molar-refractivity contribution in [3.63, 3.8) is 0 Å². The van der Waals surface area contributed by atoms with Crippen molar-refractivity contribution in [1.29, 1.82) is 0 Å². The molecule has 1 heterocycles. The Morgan fingerprint density at radius 3 is 2.17 bits per heavy atom. The Bertz CT molecular complexity index is 432. The second-order valence-corrected chi connectivity index (χ2v) is 6.65. The molecule has 0 fully saturated rings. The SMILES string of the molecule is CCCCCCN(CCCCCC)C(=O)CCCc1cnc(N)[nH]1. The van der Waals surface area contributed by atoms with Gasteiger partial charge in [-0.3, -0.25) is 4.79 Å². The predicted octanol–water partition coefficient (Wildman–Crippen LogP) is 4.30. The van der Waals surface area contributed by atoms with E-state index in [9.17, 15) is 4.79 Å². The third-order valence-electron chi connectivity index (χ3n) is 4.40. The summed E-state index contributed by atoms with van der Waals surface area (Å²) in [5.74, 6) is 0.750. The molecule has 24 heavy (non-hydrogen) atoms. The number of rotatable bonds is 14. The minimum absolute atomic E-state index is 0.301. The van der Waals surface area contributed by atoms with Gasteiger partial charge in [-0.1, -0.05) is 52.4 Å². The summed E-state index contributed by atoms with van der Waals surface area (Å²) in [6, 6.07) is 0. The van der Waals surface area contributed by atoms with E-state index in [0.717, 1.165) is 44.5 Å². The van der Waals surface area contributed by atoms with Crippen LogP contribution in [0.15, 0.2) is 6.20 Å². The molecule has 1 rings (SSSR count). The molecule has 1 aromatic rings. The zero-order chi connectivity index (χ0) is 17.6. The topological polar surface area (TPSA) is 75.0 Å². The summed E-state index contributed by atoms with van der Waals surface area (Å²) >= 11 is 0. The van der Waals surface area contributed by atoms with Crippen LogP contribution in [0.1, 0.15) is 83.7 Å². The molecule has 0 saturated heterocycles. The van der Waals surface area contributed by atoms with Gasteiger partial charge in [0.25, 0.3) is 0 Å². The molecule has 5 heteroatoms. The molecule has 0 bridgehead atoms. The van der Waals surface area contributed by atoms with Crippen LogP contribution in [-0.4, -0.2) is 33.9 Å². The van der Waals surface area contributed by atoms with Crippen molar-refractivity contribution in [2.45, 2.75) is 84.5 Å². The molecule has 0 atom stereocenters. The molecule has 5 nitrogen and oxygen atoms in total. The number of aryl methyl sites for hydroxylation is 1. The summed E-state index contributed by atoms with van der Waals surface area (Å²) < 4.78 is 0. The molecule has 1 amide bonds. The van der Waals surface area contributed by atoms with E-state index in [1.165, 1.54) is 38.5 Å². The average Bonchev–Trinajstić information content (AvgIpc) is 2.98. The van der Waals surface area contributed by atoms with E-state index in [-0.39, 0.29) is 0 Å². The van der Waals surface area contributed by atoms with Crippen LogP contribution in [0.4, 0.5) is 5.95 Å². The van der Waals surface area contributed by atoms with Crippen LogP contribution in [-0.2, 0) is 11.2 Å². The number of amides is 1. The van der Waals surface area contributed by atoms with Crippen LogP contribution in [0.5, 0.6) is 0 Å². The first-order valence-corrected chi connectivity index (χ1v) is 9.74. The first-order valence-electron chi connectivity index (χ1n) is 9.74. The Hall–Kier alpha value is -1.52. The zero-order valence-electron chi connectivity index (χ0n) is 15.6. The van der Waals surface area contributed by atoms with Crippen molar-refractivity contribution in [2.24, 2.45) is 0 Å². The van der Waals surface area contributed by atoms with Crippen LogP contribution in [0.25, 0.3) is 0 Å². The highest BCUT2D eigenvalue weighted by molar-refractivity contribution is 5.76. The number of carbonyl (C=O) groups is 1. The second-order valence-electron chi connectivity index (χ2n) is 6.65. The summed E-state index contributed by atoms with van der Waals surface area (Å²) in [6.45, 7) is 6.27. The maximum Gasteiger partial charge on any atom is 0.222 e. The lowest BCUT2D eigenvalue weighted by atomic mass is 10.1. The number of hydrogen-bond acceptors (Lipinski definition) is 3. The number of imidazole rings is 1. The molecule has 0 aliphatic rings. The fourth-order valence-corrected chi connectivity index (χ4v) is 2.91. The number of nitrogen functional groups attached to an aromatic ring is 1. The normalized spacial score (nSPS) is 10.9. The first-order chi connectivity index (χ1) is 11.7. The van der Waals surface area contributed by atoms with Crippen LogP contribution in [0.2, 0.25) is 0 Å². The summed E-state index contributed by atoms with van der Waals surface area (Å²) in [6.07, 6.45) is 13.7. The van der Waals surface area contributed by atoms with E-state index < -0.39 is 0 Å². The monoisotopic (exact) mass is 336 g/mol. The number of unbranched alkanes of at least 4 members (excludes halogenated alkanes) is 6. The maximum atomic E-state index is 12.5. The number of anilines is 1. The fourth-order valence-electron chi connectivity index (χ4n) is 2.91. The van der Waals surface area contributed by atoms with Gasteiger partial charge in [-0.25, -0.2) is 4.98 Å². The summed E-state index contributed by atoms with van der Waals surface area (Å²) in [4.78, 5) is 21.6. The smallest absolute Gasteiger partial charge is 0.222 e. The highest BCUT2D eigenvalue weighted by atomic mass is 16.2. The van der Waals surface area contributed by atoms with Gasteiger partial charge in [-0.15, -0.1) is 0 Å². The summed E-state index contributed by atoms with van der Waals surface area (Å²) in [5.41, 5.74) is 6.59. The van der Waals surface area contributed by atoms with E-state index in [2.05, 4.69) is 28.7 Å². The van der Waals surface area contributed by atoms with Gasteiger partial charge in [0.2, 0.25) is 5.91 Å². The lowest BCUT2D eigenvalue weighted by molar-refractivity contribution is -0.131. The van der Waals surface area contributed by atoms with E-state index in [1.807, 2.05) is 0 Å². The zero-order valence-corrected chi connectivity index (χ0v) is 15.6. The highest BCUT2D eigenvalue weighted by Crippen LogP contribution is 2.10.